The highest BCUT2D eigenvalue weighted by molar-refractivity contribution is 5.84. The Kier molecular flexibility index (Phi) is 3.01. The van der Waals surface area contributed by atoms with Crippen LogP contribution in [0.25, 0.3) is 0 Å². The Hall–Kier alpha value is -1.38. The monoisotopic (exact) mass is 181 g/mol. The molecule has 0 aliphatic rings. The zero-order chi connectivity index (χ0) is 9.84. The van der Waals surface area contributed by atoms with Crippen LogP contribution in [0.3, 0.4) is 0 Å². The summed E-state index contributed by atoms with van der Waals surface area (Å²) in [5, 5.41) is 3.05. The van der Waals surface area contributed by atoms with Gasteiger partial charge in [0.05, 0.1) is 0 Å². The predicted octanol–water partition coefficient (Wildman–Crippen LogP) is 2.46. The summed E-state index contributed by atoms with van der Waals surface area (Å²) in [7, 11) is 0. The number of carbonyl (C=O) groups excluding carboxylic acids is 1. The van der Waals surface area contributed by atoms with Crippen molar-refractivity contribution in [1.82, 2.24) is 0 Å². The van der Waals surface area contributed by atoms with E-state index in [0.717, 1.165) is 0 Å². The average Bonchev–Trinajstić information content (AvgIpc) is 2.07. The largest absolute Gasteiger partial charge is 0.382 e. The van der Waals surface area contributed by atoms with Gasteiger partial charge in [0.2, 0.25) is 0 Å². The van der Waals surface area contributed by atoms with Gasteiger partial charge in [0, 0.05) is 17.3 Å². The summed E-state index contributed by atoms with van der Waals surface area (Å²) in [5.74, 6) is -0.392. The Morgan fingerprint density at radius 3 is 2.69 bits per heavy atom. The first-order valence-electron chi connectivity index (χ1n) is 4.14. The van der Waals surface area contributed by atoms with E-state index in [9.17, 15) is 9.18 Å². The molecule has 0 spiro atoms. The maximum Gasteiger partial charge on any atom is 0.152 e. The molecule has 1 N–H and O–H groups in total. The zero-order valence-electron chi connectivity index (χ0n) is 7.67. The van der Waals surface area contributed by atoms with E-state index < -0.39 is 5.82 Å². The normalized spacial score (nSPS) is 10.2. The maximum atomic E-state index is 12.7. The highest BCUT2D eigenvalue weighted by atomic mass is 19.1. The van der Waals surface area contributed by atoms with E-state index in [2.05, 4.69) is 5.32 Å². The number of nitrogens with one attached hydrogen (secondary N) is 1. The van der Waals surface area contributed by atoms with Crippen LogP contribution >= 0.6 is 0 Å². The molecule has 0 radical (unpaired) electrons. The minimum atomic E-state index is -0.392. The SMILES string of the molecule is CC(C)Nc1ccc(F)cc1C=O. The molecule has 0 atom stereocenters. The Morgan fingerprint density at radius 1 is 1.46 bits per heavy atom. The number of hydrogen-bond donors (Lipinski definition) is 1. The van der Waals surface area contributed by atoms with Crippen molar-refractivity contribution in [2.45, 2.75) is 19.9 Å². The fourth-order valence-electron chi connectivity index (χ4n) is 1.07. The molecule has 1 aromatic carbocycles. The zero-order valence-corrected chi connectivity index (χ0v) is 7.67. The van der Waals surface area contributed by atoms with Crippen LogP contribution in [0.2, 0.25) is 0 Å². The summed E-state index contributed by atoms with van der Waals surface area (Å²) >= 11 is 0. The van der Waals surface area contributed by atoms with Crippen LogP contribution in [0.15, 0.2) is 18.2 Å². The molecule has 3 heteroatoms. The topological polar surface area (TPSA) is 29.1 Å². The lowest BCUT2D eigenvalue weighted by Gasteiger charge is -2.11. The second-order valence-electron chi connectivity index (χ2n) is 3.15. The molecule has 0 amide bonds. The first kappa shape index (κ1) is 9.71. The van der Waals surface area contributed by atoms with Gasteiger partial charge in [-0.15, -0.1) is 0 Å². The molecule has 2 nitrogen and oxygen atoms in total. The van der Waals surface area contributed by atoms with Gasteiger partial charge in [-0.3, -0.25) is 4.79 Å². The molecule has 0 saturated heterocycles. The molecular formula is C10H12FNO. The van der Waals surface area contributed by atoms with Crippen LogP contribution in [-0.4, -0.2) is 12.3 Å². The van der Waals surface area contributed by atoms with Gasteiger partial charge in [0.1, 0.15) is 5.82 Å². The molecule has 0 bridgehead atoms. The summed E-state index contributed by atoms with van der Waals surface area (Å²) in [6.07, 6.45) is 0.647. The lowest BCUT2D eigenvalue weighted by atomic mass is 10.2. The standard InChI is InChI=1S/C10H12FNO/c1-7(2)12-10-4-3-9(11)5-8(10)6-13/h3-7,12H,1-2H3. The third-order valence-electron chi connectivity index (χ3n) is 1.58. The smallest absolute Gasteiger partial charge is 0.152 e. The summed E-state index contributed by atoms with van der Waals surface area (Å²) in [6.45, 7) is 3.91. The number of rotatable bonds is 3. The van der Waals surface area contributed by atoms with E-state index >= 15 is 0 Å². The van der Waals surface area contributed by atoms with Gasteiger partial charge in [-0.05, 0) is 32.0 Å². The van der Waals surface area contributed by atoms with Gasteiger partial charge in [-0.2, -0.15) is 0 Å². The molecule has 0 aliphatic carbocycles. The van der Waals surface area contributed by atoms with E-state index in [4.69, 9.17) is 0 Å². The average molecular weight is 181 g/mol. The number of hydrogen-bond acceptors (Lipinski definition) is 2. The Morgan fingerprint density at radius 2 is 2.15 bits per heavy atom. The summed E-state index contributed by atoms with van der Waals surface area (Å²) in [4.78, 5) is 10.6. The molecule has 70 valence electrons. The minimum Gasteiger partial charge on any atom is -0.382 e. The number of aldehydes is 1. The quantitative estimate of drug-likeness (QED) is 0.726. The fourth-order valence-corrected chi connectivity index (χ4v) is 1.07. The van der Waals surface area contributed by atoms with Crippen molar-refractivity contribution in [1.29, 1.82) is 0 Å². The summed E-state index contributed by atoms with van der Waals surface area (Å²) < 4.78 is 12.7. The van der Waals surface area contributed by atoms with Gasteiger partial charge in [0.25, 0.3) is 0 Å². The number of benzene rings is 1. The molecule has 0 unspecified atom stereocenters. The minimum absolute atomic E-state index is 0.226. The van der Waals surface area contributed by atoms with Crippen LogP contribution in [0, 0.1) is 5.82 Å². The van der Waals surface area contributed by atoms with Crippen molar-refractivity contribution in [2.75, 3.05) is 5.32 Å². The number of halogens is 1. The molecule has 0 saturated carbocycles. The van der Waals surface area contributed by atoms with Crippen molar-refractivity contribution in [2.24, 2.45) is 0 Å². The number of anilines is 1. The lowest BCUT2D eigenvalue weighted by molar-refractivity contribution is 0.112. The molecule has 0 aromatic heterocycles. The predicted molar refractivity (Wildman–Crippen MR) is 50.5 cm³/mol. The molecule has 0 fully saturated rings. The van der Waals surface area contributed by atoms with Gasteiger partial charge >= 0.3 is 0 Å². The molecule has 0 heterocycles. The van der Waals surface area contributed by atoms with Crippen molar-refractivity contribution < 1.29 is 9.18 Å². The van der Waals surface area contributed by atoms with E-state index in [1.54, 1.807) is 6.07 Å². The van der Waals surface area contributed by atoms with Gasteiger partial charge < -0.3 is 5.32 Å². The first-order valence-corrected chi connectivity index (χ1v) is 4.14. The van der Waals surface area contributed by atoms with Crippen LogP contribution in [0.5, 0.6) is 0 Å². The summed E-state index contributed by atoms with van der Waals surface area (Å²) in [5.41, 5.74) is 1.03. The second-order valence-corrected chi connectivity index (χ2v) is 3.15. The molecule has 0 aliphatic heterocycles. The fraction of sp³-hybridized carbons (Fsp3) is 0.300. The Bertz CT molecular complexity index is 310. The third kappa shape index (κ3) is 2.54. The Balaban J connectivity index is 2.99. The van der Waals surface area contributed by atoms with Crippen LogP contribution < -0.4 is 5.32 Å². The van der Waals surface area contributed by atoms with Crippen molar-refractivity contribution in [3.63, 3.8) is 0 Å². The maximum absolute atomic E-state index is 12.7. The van der Waals surface area contributed by atoms with E-state index in [-0.39, 0.29) is 6.04 Å². The number of carbonyl (C=O) groups is 1. The van der Waals surface area contributed by atoms with E-state index in [1.807, 2.05) is 13.8 Å². The van der Waals surface area contributed by atoms with Gasteiger partial charge in [-0.1, -0.05) is 0 Å². The third-order valence-corrected chi connectivity index (χ3v) is 1.58. The van der Waals surface area contributed by atoms with E-state index in [1.165, 1.54) is 12.1 Å². The second kappa shape index (κ2) is 4.03. The molecular weight excluding hydrogens is 169 g/mol. The van der Waals surface area contributed by atoms with Crippen molar-refractivity contribution in [3.05, 3.63) is 29.6 Å². The molecule has 1 rings (SSSR count). The van der Waals surface area contributed by atoms with Crippen LogP contribution in [0.4, 0.5) is 10.1 Å². The lowest BCUT2D eigenvalue weighted by Crippen LogP contribution is -2.11. The molecule has 13 heavy (non-hydrogen) atoms. The van der Waals surface area contributed by atoms with E-state index in [0.29, 0.717) is 17.5 Å². The van der Waals surface area contributed by atoms with Gasteiger partial charge in [0.15, 0.2) is 6.29 Å². The van der Waals surface area contributed by atoms with Crippen LogP contribution in [-0.2, 0) is 0 Å². The molecule has 1 aromatic rings. The summed E-state index contributed by atoms with van der Waals surface area (Å²) in [6, 6.07) is 4.35. The highest BCUT2D eigenvalue weighted by Gasteiger charge is 2.03. The Labute approximate surface area is 76.8 Å². The first-order chi connectivity index (χ1) is 6.13. The van der Waals surface area contributed by atoms with Crippen LogP contribution in [0.1, 0.15) is 24.2 Å². The highest BCUT2D eigenvalue weighted by Crippen LogP contribution is 2.15. The van der Waals surface area contributed by atoms with Crippen molar-refractivity contribution in [3.8, 4) is 0 Å². The van der Waals surface area contributed by atoms with Gasteiger partial charge in [-0.25, -0.2) is 4.39 Å². The van der Waals surface area contributed by atoms with Crippen molar-refractivity contribution >= 4 is 12.0 Å².